The standard InChI is InChI=1S/C23H23N3O/c1-5-12-26-18(4)21(20-8-6-7-9-22(20)26)15-24-25-23(27)14-19-11-10-16(2)17(3)13-19/h1,6-11,13,15H,12,14H2,2-4H3,(H,25,27)/b24-15-. The van der Waals surface area contributed by atoms with Crippen LogP contribution in [0.15, 0.2) is 47.6 Å². The van der Waals surface area contributed by atoms with E-state index in [1.165, 1.54) is 11.1 Å². The van der Waals surface area contributed by atoms with Crippen molar-refractivity contribution in [1.29, 1.82) is 0 Å². The van der Waals surface area contributed by atoms with Gasteiger partial charge in [0.05, 0.1) is 19.2 Å². The van der Waals surface area contributed by atoms with Crippen LogP contribution in [0.2, 0.25) is 0 Å². The van der Waals surface area contributed by atoms with Gasteiger partial charge in [-0.3, -0.25) is 4.79 Å². The number of benzene rings is 2. The molecule has 0 unspecified atom stereocenters. The van der Waals surface area contributed by atoms with Crippen LogP contribution in [0.25, 0.3) is 10.9 Å². The topological polar surface area (TPSA) is 46.4 Å². The SMILES string of the molecule is C#CCn1c(C)c(/C=N\NC(=O)Cc2ccc(C)c(C)c2)c2ccccc21. The van der Waals surface area contributed by atoms with E-state index < -0.39 is 0 Å². The van der Waals surface area contributed by atoms with Crippen LogP contribution in [0, 0.1) is 33.1 Å². The smallest absolute Gasteiger partial charge is 0.244 e. The zero-order valence-electron chi connectivity index (χ0n) is 15.9. The predicted octanol–water partition coefficient (Wildman–Crippen LogP) is 3.89. The van der Waals surface area contributed by atoms with Crippen LogP contribution in [0.5, 0.6) is 0 Å². The van der Waals surface area contributed by atoms with Crippen molar-refractivity contribution in [2.24, 2.45) is 5.10 Å². The summed E-state index contributed by atoms with van der Waals surface area (Å²) in [5, 5.41) is 5.24. The average molecular weight is 357 g/mol. The van der Waals surface area contributed by atoms with Crippen molar-refractivity contribution in [2.75, 3.05) is 0 Å². The van der Waals surface area contributed by atoms with Gasteiger partial charge in [0.15, 0.2) is 0 Å². The zero-order valence-corrected chi connectivity index (χ0v) is 15.9. The summed E-state index contributed by atoms with van der Waals surface area (Å²) < 4.78 is 2.08. The summed E-state index contributed by atoms with van der Waals surface area (Å²) in [5.41, 5.74) is 9.07. The molecule has 27 heavy (non-hydrogen) atoms. The van der Waals surface area contributed by atoms with Crippen molar-refractivity contribution in [3.63, 3.8) is 0 Å². The van der Waals surface area contributed by atoms with Crippen molar-refractivity contribution in [2.45, 2.75) is 33.7 Å². The molecule has 1 amide bonds. The molecule has 0 saturated heterocycles. The van der Waals surface area contributed by atoms with Crippen molar-refractivity contribution in [3.05, 3.63) is 70.4 Å². The zero-order chi connectivity index (χ0) is 19.4. The summed E-state index contributed by atoms with van der Waals surface area (Å²) in [5.74, 6) is 2.55. The normalized spacial score (nSPS) is 11.0. The van der Waals surface area contributed by atoms with Gasteiger partial charge >= 0.3 is 0 Å². The van der Waals surface area contributed by atoms with Crippen LogP contribution in [-0.2, 0) is 17.8 Å². The van der Waals surface area contributed by atoms with Crippen molar-refractivity contribution < 1.29 is 4.79 Å². The van der Waals surface area contributed by atoms with Gasteiger partial charge in [0.25, 0.3) is 0 Å². The van der Waals surface area contributed by atoms with E-state index in [4.69, 9.17) is 6.42 Å². The summed E-state index contributed by atoms with van der Waals surface area (Å²) in [7, 11) is 0. The Hall–Kier alpha value is -3.32. The number of nitrogens with zero attached hydrogens (tertiary/aromatic N) is 2. The van der Waals surface area contributed by atoms with Crippen molar-refractivity contribution >= 4 is 23.0 Å². The third-order valence-electron chi connectivity index (χ3n) is 4.85. The molecule has 3 rings (SSSR count). The fourth-order valence-corrected chi connectivity index (χ4v) is 3.22. The number of carbonyl (C=O) groups excluding carboxylic acids is 1. The number of hydrazone groups is 1. The number of carbonyl (C=O) groups is 1. The van der Waals surface area contributed by atoms with Crippen molar-refractivity contribution in [3.8, 4) is 12.3 Å². The van der Waals surface area contributed by atoms with E-state index in [1.807, 2.05) is 56.3 Å². The summed E-state index contributed by atoms with van der Waals surface area (Å²) in [6.45, 7) is 6.61. The van der Waals surface area contributed by atoms with Gasteiger partial charge in [-0.15, -0.1) is 6.42 Å². The Bertz CT molecular complexity index is 1070. The molecule has 0 radical (unpaired) electrons. The molecular formula is C23H23N3O. The lowest BCUT2D eigenvalue weighted by atomic mass is 10.0. The minimum absolute atomic E-state index is 0.139. The molecule has 4 nitrogen and oxygen atoms in total. The first-order valence-corrected chi connectivity index (χ1v) is 8.90. The van der Waals surface area contributed by atoms with E-state index >= 15 is 0 Å². The minimum atomic E-state index is -0.139. The largest absolute Gasteiger partial charge is 0.333 e. The van der Waals surface area contributed by atoms with Gasteiger partial charge in [-0.25, -0.2) is 5.43 Å². The van der Waals surface area contributed by atoms with Crippen LogP contribution >= 0.6 is 0 Å². The Morgan fingerprint density at radius 1 is 1.19 bits per heavy atom. The van der Waals surface area contributed by atoms with Gasteiger partial charge in [0, 0.05) is 22.2 Å². The number of para-hydroxylation sites is 1. The first kappa shape index (κ1) is 18.5. The van der Waals surface area contributed by atoms with Crippen LogP contribution in [0.1, 0.15) is 27.9 Å². The number of rotatable bonds is 5. The van der Waals surface area contributed by atoms with E-state index in [0.717, 1.165) is 27.7 Å². The summed E-state index contributed by atoms with van der Waals surface area (Å²) in [6, 6.07) is 14.1. The van der Waals surface area contributed by atoms with E-state index in [9.17, 15) is 4.79 Å². The van der Waals surface area contributed by atoms with Gasteiger partial charge in [-0.05, 0) is 43.5 Å². The molecule has 0 saturated carbocycles. The maximum atomic E-state index is 12.2. The second-order valence-electron chi connectivity index (χ2n) is 6.70. The first-order valence-electron chi connectivity index (χ1n) is 8.90. The van der Waals surface area contributed by atoms with Crippen LogP contribution in [0.4, 0.5) is 0 Å². The highest BCUT2D eigenvalue weighted by molar-refractivity contribution is 6.01. The van der Waals surface area contributed by atoms with Gasteiger partial charge in [-0.1, -0.05) is 42.3 Å². The Morgan fingerprint density at radius 2 is 1.96 bits per heavy atom. The maximum absolute atomic E-state index is 12.2. The quantitative estimate of drug-likeness (QED) is 0.420. The number of nitrogens with one attached hydrogen (secondary N) is 1. The number of fused-ring (bicyclic) bond motifs is 1. The number of hydrogen-bond donors (Lipinski definition) is 1. The second kappa shape index (κ2) is 7.92. The van der Waals surface area contributed by atoms with Crippen LogP contribution in [-0.4, -0.2) is 16.7 Å². The number of aryl methyl sites for hydroxylation is 2. The molecule has 0 spiro atoms. The average Bonchev–Trinajstić information content (AvgIpc) is 2.91. The highest BCUT2D eigenvalue weighted by Gasteiger charge is 2.11. The Kier molecular flexibility index (Phi) is 5.42. The molecule has 0 aliphatic heterocycles. The van der Waals surface area contributed by atoms with Crippen LogP contribution in [0.3, 0.4) is 0 Å². The Morgan fingerprint density at radius 3 is 2.70 bits per heavy atom. The molecule has 0 bridgehead atoms. The Balaban J connectivity index is 1.76. The number of amides is 1. The lowest BCUT2D eigenvalue weighted by molar-refractivity contribution is -0.120. The van der Waals surface area contributed by atoms with Gasteiger partial charge in [0.2, 0.25) is 5.91 Å². The molecule has 136 valence electrons. The molecular weight excluding hydrogens is 334 g/mol. The van der Waals surface area contributed by atoms with E-state index in [1.54, 1.807) is 6.21 Å². The summed E-state index contributed by atoms with van der Waals surface area (Å²) in [4.78, 5) is 12.2. The fourth-order valence-electron chi connectivity index (χ4n) is 3.22. The number of hydrogen-bond acceptors (Lipinski definition) is 2. The highest BCUT2D eigenvalue weighted by atomic mass is 16.2. The summed E-state index contributed by atoms with van der Waals surface area (Å²) >= 11 is 0. The second-order valence-corrected chi connectivity index (χ2v) is 6.70. The third-order valence-corrected chi connectivity index (χ3v) is 4.85. The molecule has 1 N–H and O–H groups in total. The number of aromatic nitrogens is 1. The molecule has 1 aromatic heterocycles. The van der Waals surface area contributed by atoms with Crippen molar-refractivity contribution in [1.82, 2.24) is 9.99 Å². The summed E-state index contributed by atoms with van der Waals surface area (Å²) in [6.07, 6.45) is 7.50. The molecule has 1 heterocycles. The predicted molar refractivity (Wildman–Crippen MR) is 111 cm³/mol. The van der Waals surface area contributed by atoms with Gasteiger partial charge in [-0.2, -0.15) is 5.10 Å². The van der Waals surface area contributed by atoms with Gasteiger partial charge in [0.1, 0.15) is 0 Å². The molecule has 0 atom stereocenters. The highest BCUT2D eigenvalue weighted by Crippen LogP contribution is 2.24. The monoisotopic (exact) mass is 357 g/mol. The Labute approximate surface area is 159 Å². The minimum Gasteiger partial charge on any atom is -0.333 e. The maximum Gasteiger partial charge on any atom is 0.244 e. The van der Waals surface area contributed by atoms with E-state index in [0.29, 0.717) is 13.0 Å². The number of terminal acetylenes is 1. The first-order chi connectivity index (χ1) is 13.0. The van der Waals surface area contributed by atoms with Gasteiger partial charge < -0.3 is 4.57 Å². The van der Waals surface area contributed by atoms with E-state index in [-0.39, 0.29) is 5.91 Å². The lowest BCUT2D eigenvalue weighted by Gasteiger charge is -2.04. The van der Waals surface area contributed by atoms with Crippen LogP contribution < -0.4 is 5.43 Å². The molecule has 4 heteroatoms. The molecule has 0 fully saturated rings. The molecule has 2 aromatic carbocycles. The molecule has 3 aromatic rings. The molecule has 0 aliphatic rings. The van der Waals surface area contributed by atoms with E-state index in [2.05, 4.69) is 27.9 Å². The third kappa shape index (κ3) is 3.93. The fraction of sp³-hybridized carbons (Fsp3) is 0.217. The lowest BCUT2D eigenvalue weighted by Crippen LogP contribution is -2.19. The molecule has 0 aliphatic carbocycles.